The van der Waals surface area contributed by atoms with Gasteiger partial charge in [-0.05, 0) is 73.2 Å². The van der Waals surface area contributed by atoms with Crippen LogP contribution in [0.15, 0.2) is 77.3 Å². The first-order valence-corrected chi connectivity index (χ1v) is 13.0. The molecule has 194 valence electrons. The van der Waals surface area contributed by atoms with E-state index < -0.39 is 0 Å². The molecular weight excluding hydrogens is 520 g/mol. The van der Waals surface area contributed by atoms with Crippen molar-refractivity contribution in [2.45, 2.75) is 32.4 Å². The Hall–Kier alpha value is -3.88. The van der Waals surface area contributed by atoms with Crippen LogP contribution in [0.5, 0.6) is 5.75 Å². The number of nitrogens with one attached hydrogen (secondary N) is 2. The zero-order valence-electron chi connectivity index (χ0n) is 21.2. The Morgan fingerprint density at radius 3 is 2.76 bits per heavy atom. The number of rotatable bonds is 7. The van der Waals surface area contributed by atoms with E-state index >= 15 is 0 Å². The maximum Gasteiger partial charge on any atom is 0.224 e. The number of carbonyl (C=O) groups excluding carboxylic acids is 1. The summed E-state index contributed by atoms with van der Waals surface area (Å²) >= 11 is 12.1. The van der Waals surface area contributed by atoms with Crippen LogP contribution in [0.4, 0.5) is 11.4 Å². The third kappa shape index (κ3) is 4.97. The highest BCUT2D eigenvalue weighted by Gasteiger charge is 2.43. The zero-order valence-corrected chi connectivity index (χ0v) is 22.8. The lowest BCUT2D eigenvalue weighted by atomic mass is 10.0. The second-order valence-electron chi connectivity index (χ2n) is 8.94. The summed E-state index contributed by atoms with van der Waals surface area (Å²) in [6, 6.07) is 20.4. The van der Waals surface area contributed by atoms with E-state index in [0.29, 0.717) is 39.5 Å². The molecule has 5 rings (SSSR count). The van der Waals surface area contributed by atoms with Crippen LogP contribution in [0.25, 0.3) is 11.3 Å². The number of hydrogen-bond acceptors (Lipinski definition) is 5. The first-order chi connectivity index (χ1) is 18.4. The van der Waals surface area contributed by atoms with Gasteiger partial charge in [0.1, 0.15) is 23.3 Å². The minimum Gasteiger partial charge on any atom is -0.494 e. The van der Waals surface area contributed by atoms with Crippen molar-refractivity contribution in [1.29, 1.82) is 0 Å². The largest absolute Gasteiger partial charge is 0.494 e. The molecule has 9 heteroatoms. The van der Waals surface area contributed by atoms with E-state index in [4.69, 9.17) is 33.0 Å². The number of furan rings is 1. The number of methoxy groups -OCH3 is 1. The van der Waals surface area contributed by atoms with Crippen molar-refractivity contribution < 1.29 is 13.9 Å². The third-order valence-electron chi connectivity index (χ3n) is 6.54. The fourth-order valence-corrected chi connectivity index (χ4v) is 5.13. The SMILES string of the molecule is CCC(=O)Nc1ccc(N2C(=S)N[C@@H](c3ccccn3)[C@H]2c2ccc(-c3cc(Cl)ccc3C)o2)cc1OC. The Kier molecular flexibility index (Phi) is 7.35. The van der Waals surface area contributed by atoms with Gasteiger partial charge in [0.2, 0.25) is 5.91 Å². The molecule has 1 saturated heterocycles. The summed E-state index contributed by atoms with van der Waals surface area (Å²) in [7, 11) is 1.57. The predicted octanol–water partition coefficient (Wildman–Crippen LogP) is 6.84. The van der Waals surface area contributed by atoms with E-state index in [9.17, 15) is 4.79 Å². The van der Waals surface area contributed by atoms with Gasteiger partial charge in [0, 0.05) is 35.0 Å². The van der Waals surface area contributed by atoms with E-state index in [0.717, 1.165) is 22.5 Å². The molecule has 0 bridgehead atoms. The molecule has 3 heterocycles. The second kappa shape index (κ2) is 10.8. The van der Waals surface area contributed by atoms with Crippen molar-refractivity contribution in [3.05, 3.63) is 95.0 Å². The van der Waals surface area contributed by atoms with Gasteiger partial charge in [0.15, 0.2) is 5.11 Å². The van der Waals surface area contributed by atoms with Gasteiger partial charge in [-0.15, -0.1) is 0 Å². The Morgan fingerprint density at radius 1 is 1.18 bits per heavy atom. The van der Waals surface area contributed by atoms with Crippen molar-refractivity contribution in [3.8, 4) is 17.1 Å². The summed E-state index contributed by atoms with van der Waals surface area (Å²) in [4.78, 5) is 18.6. The number of aryl methyl sites for hydroxylation is 1. The molecule has 38 heavy (non-hydrogen) atoms. The van der Waals surface area contributed by atoms with E-state index in [2.05, 4.69) is 15.6 Å². The van der Waals surface area contributed by atoms with Crippen LogP contribution in [-0.2, 0) is 4.79 Å². The van der Waals surface area contributed by atoms with Crippen molar-refractivity contribution in [2.24, 2.45) is 0 Å². The summed E-state index contributed by atoms with van der Waals surface area (Å²) in [5.74, 6) is 1.86. The highest BCUT2D eigenvalue weighted by atomic mass is 35.5. The third-order valence-corrected chi connectivity index (χ3v) is 7.09. The van der Waals surface area contributed by atoms with Crippen LogP contribution in [0.1, 0.15) is 42.4 Å². The van der Waals surface area contributed by atoms with Crippen LogP contribution in [-0.4, -0.2) is 23.1 Å². The summed E-state index contributed by atoms with van der Waals surface area (Å²) in [6.45, 7) is 3.82. The maximum atomic E-state index is 12.0. The lowest BCUT2D eigenvalue weighted by molar-refractivity contribution is -0.115. The summed E-state index contributed by atoms with van der Waals surface area (Å²) < 4.78 is 12.1. The summed E-state index contributed by atoms with van der Waals surface area (Å²) in [6.07, 6.45) is 2.13. The number of carbonyl (C=O) groups is 1. The smallest absolute Gasteiger partial charge is 0.224 e. The van der Waals surface area contributed by atoms with Crippen molar-refractivity contribution in [1.82, 2.24) is 10.3 Å². The van der Waals surface area contributed by atoms with Gasteiger partial charge in [-0.25, -0.2) is 0 Å². The quantitative estimate of drug-likeness (QED) is 0.246. The minimum atomic E-state index is -0.341. The van der Waals surface area contributed by atoms with Gasteiger partial charge in [-0.3, -0.25) is 9.78 Å². The lowest BCUT2D eigenvalue weighted by Crippen LogP contribution is -2.29. The molecule has 2 aromatic heterocycles. The highest BCUT2D eigenvalue weighted by Crippen LogP contribution is 2.44. The average Bonchev–Trinajstić information content (AvgIpc) is 3.55. The Morgan fingerprint density at radius 2 is 2.03 bits per heavy atom. The standard InChI is InChI=1S/C29H27ClN4O3S/c1-4-26(35)32-21-11-10-19(16-25(21)36-3)34-28(27(33-29(34)38)22-7-5-6-14-31-22)24-13-12-23(37-24)20-15-18(30)9-8-17(20)2/h5-16,27-28H,4H2,1-3H3,(H,32,35)(H,33,38)/t27-,28+/m0/s1. The number of halogens is 1. The molecule has 0 aliphatic carbocycles. The number of thiocarbonyl (C=S) groups is 1. The molecule has 4 aromatic rings. The van der Waals surface area contributed by atoms with E-state index in [1.165, 1.54) is 0 Å². The van der Waals surface area contributed by atoms with Crippen LogP contribution < -0.4 is 20.3 Å². The van der Waals surface area contributed by atoms with Crippen LogP contribution in [0, 0.1) is 6.92 Å². The number of pyridine rings is 1. The number of benzene rings is 2. The topological polar surface area (TPSA) is 79.6 Å². The number of nitrogens with zero attached hydrogens (tertiary/aromatic N) is 2. The van der Waals surface area contributed by atoms with E-state index in [-0.39, 0.29) is 18.0 Å². The van der Waals surface area contributed by atoms with Crippen molar-refractivity contribution in [2.75, 3.05) is 17.3 Å². The number of hydrogen-bond donors (Lipinski definition) is 2. The molecular formula is C29H27ClN4O3S. The fourth-order valence-electron chi connectivity index (χ4n) is 4.61. The van der Waals surface area contributed by atoms with Crippen LogP contribution in [0.2, 0.25) is 5.02 Å². The lowest BCUT2D eigenvalue weighted by Gasteiger charge is -2.27. The van der Waals surface area contributed by atoms with Gasteiger partial charge in [0.05, 0.1) is 24.5 Å². The number of anilines is 2. The summed E-state index contributed by atoms with van der Waals surface area (Å²) in [5.41, 5.74) is 4.20. The highest BCUT2D eigenvalue weighted by molar-refractivity contribution is 7.80. The monoisotopic (exact) mass is 546 g/mol. The van der Waals surface area contributed by atoms with Gasteiger partial charge in [-0.2, -0.15) is 0 Å². The van der Waals surface area contributed by atoms with Gasteiger partial charge < -0.3 is 24.7 Å². The molecule has 1 amide bonds. The first kappa shape index (κ1) is 25.8. The van der Waals surface area contributed by atoms with Gasteiger partial charge in [0.25, 0.3) is 0 Å². The summed E-state index contributed by atoms with van der Waals surface area (Å²) in [5, 5.41) is 7.48. The van der Waals surface area contributed by atoms with Crippen LogP contribution in [0.3, 0.4) is 0 Å². The van der Waals surface area contributed by atoms with Crippen molar-refractivity contribution in [3.63, 3.8) is 0 Å². The van der Waals surface area contributed by atoms with Gasteiger partial charge in [-0.1, -0.05) is 30.7 Å². The van der Waals surface area contributed by atoms with E-state index in [1.807, 2.05) is 78.6 Å². The zero-order chi connectivity index (χ0) is 26.8. The normalized spacial score (nSPS) is 16.8. The minimum absolute atomic E-state index is 0.0954. The Balaban J connectivity index is 1.59. The number of amides is 1. The molecule has 0 spiro atoms. The molecule has 1 fully saturated rings. The Labute approximate surface area is 231 Å². The fraction of sp³-hybridized carbons (Fsp3) is 0.207. The molecule has 7 nitrogen and oxygen atoms in total. The number of aromatic nitrogens is 1. The van der Waals surface area contributed by atoms with Gasteiger partial charge >= 0.3 is 0 Å². The second-order valence-corrected chi connectivity index (χ2v) is 9.77. The predicted molar refractivity (Wildman–Crippen MR) is 154 cm³/mol. The average molecular weight is 547 g/mol. The molecule has 0 radical (unpaired) electrons. The maximum absolute atomic E-state index is 12.0. The molecule has 0 unspecified atom stereocenters. The molecule has 0 saturated carbocycles. The molecule has 1 aliphatic heterocycles. The Bertz CT molecular complexity index is 1490. The molecule has 2 aromatic carbocycles. The molecule has 2 atom stereocenters. The molecule has 1 aliphatic rings. The molecule has 2 N–H and O–H groups in total. The number of ether oxygens (including phenoxy) is 1. The first-order valence-electron chi connectivity index (χ1n) is 12.2. The van der Waals surface area contributed by atoms with Crippen molar-refractivity contribution >= 4 is 46.2 Å². The van der Waals surface area contributed by atoms with Crippen LogP contribution >= 0.6 is 23.8 Å². The van der Waals surface area contributed by atoms with E-state index in [1.54, 1.807) is 20.2 Å².